The van der Waals surface area contributed by atoms with Gasteiger partial charge < -0.3 is 20.4 Å². The zero-order chi connectivity index (χ0) is 19.5. The molecule has 2 aromatic rings. The number of benzene rings is 1. The van der Waals surface area contributed by atoms with Crippen LogP contribution in [0.3, 0.4) is 0 Å². The molecular formula is C16H19F3N6O. The van der Waals surface area contributed by atoms with Crippen molar-refractivity contribution in [2.45, 2.75) is 6.18 Å². The average Bonchev–Trinajstić information content (AvgIpc) is 2.54. The molecule has 0 bridgehead atoms. The quantitative estimate of drug-likeness (QED) is 0.867. The van der Waals surface area contributed by atoms with Gasteiger partial charge in [0.05, 0.1) is 11.8 Å². The molecule has 0 saturated carbocycles. The number of alkyl halides is 3. The summed E-state index contributed by atoms with van der Waals surface area (Å²) in [5.41, 5.74) is -0.498. The Balaban J connectivity index is 2.18. The topological polar surface area (TPSA) is 73.4 Å². The van der Waals surface area contributed by atoms with Crippen molar-refractivity contribution >= 4 is 29.2 Å². The summed E-state index contributed by atoms with van der Waals surface area (Å²) < 4.78 is 38.2. The second-order valence-electron chi connectivity index (χ2n) is 5.85. The van der Waals surface area contributed by atoms with Crippen LogP contribution in [0.2, 0.25) is 0 Å². The molecule has 1 heterocycles. The molecule has 10 heteroatoms. The van der Waals surface area contributed by atoms with Gasteiger partial charge in [0.15, 0.2) is 5.82 Å². The molecule has 2 N–H and O–H groups in total. The van der Waals surface area contributed by atoms with Crippen LogP contribution in [0.25, 0.3) is 0 Å². The monoisotopic (exact) mass is 368 g/mol. The molecule has 1 aromatic carbocycles. The Kier molecular flexibility index (Phi) is 5.53. The predicted molar refractivity (Wildman–Crippen MR) is 94.8 cm³/mol. The van der Waals surface area contributed by atoms with Gasteiger partial charge in [0.25, 0.3) is 0 Å². The highest BCUT2D eigenvalue weighted by molar-refractivity contribution is 6.01. The van der Waals surface area contributed by atoms with Gasteiger partial charge in [0.2, 0.25) is 5.95 Å². The highest BCUT2D eigenvalue weighted by atomic mass is 19.4. The maximum atomic E-state index is 12.7. The van der Waals surface area contributed by atoms with Crippen molar-refractivity contribution in [3.8, 4) is 0 Å². The Morgan fingerprint density at radius 2 is 1.77 bits per heavy atom. The molecule has 140 valence electrons. The molecule has 7 nitrogen and oxygen atoms in total. The van der Waals surface area contributed by atoms with Crippen LogP contribution < -0.4 is 20.4 Å². The normalized spacial score (nSPS) is 11.0. The van der Waals surface area contributed by atoms with Crippen molar-refractivity contribution < 1.29 is 18.0 Å². The first-order valence-corrected chi connectivity index (χ1v) is 7.55. The number of aromatic nitrogens is 2. The van der Waals surface area contributed by atoms with Gasteiger partial charge in [-0.05, 0) is 18.2 Å². The molecule has 1 aromatic heterocycles. The van der Waals surface area contributed by atoms with Gasteiger partial charge in [-0.25, -0.2) is 9.78 Å². The molecule has 0 saturated heterocycles. The number of carbonyl (C=O) groups is 1. The number of urea groups is 1. The van der Waals surface area contributed by atoms with E-state index in [4.69, 9.17) is 0 Å². The zero-order valence-electron chi connectivity index (χ0n) is 14.7. The van der Waals surface area contributed by atoms with Crippen LogP contribution in [0.4, 0.5) is 41.1 Å². The summed E-state index contributed by atoms with van der Waals surface area (Å²) >= 11 is 0. The molecular weight excluding hydrogens is 349 g/mol. The van der Waals surface area contributed by atoms with E-state index in [0.29, 0.717) is 17.5 Å². The lowest BCUT2D eigenvalue weighted by atomic mass is 10.2. The molecule has 0 aliphatic rings. The maximum absolute atomic E-state index is 12.7. The van der Waals surface area contributed by atoms with Crippen molar-refractivity contribution in [2.24, 2.45) is 0 Å². The molecule has 0 aliphatic carbocycles. The van der Waals surface area contributed by atoms with Gasteiger partial charge >= 0.3 is 12.2 Å². The summed E-state index contributed by atoms with van der Waals surface area (Å²) in [4.78, 5) is 24.0. The molecule has 26 heavy (non-hydrogen) atoms. The van der Waals surface area contributed by atoms with Crippen LogP contribution >= 0.6 is 0 Å². The minimum atomic E-state index is -4.48. The Labute approximate surface area is 148 Å². The van der Waals surface area contributed by atoms with Crippen LogP contribution in [-0.2, 0) is 6.18 Å². The number of amides is 2. The minimum absolute atomic E-state index is 0.0227. The summed E-state index contributed by atoms with van der Waals surface area (Å²) in [6, 6.07) is 3.68. The second-order valence-corrected chi connectivity index (χ2v) is 5.85. The summed E-state index contributed by atoms with van der Waals surface area (Å²) in [6.45, 7) is 0. The van der Waals surface area contributed by atoms with E-state index in [1.54, 1.807) is 38.0 Å². The SMILES string of the molecule is CN(C)c1ncc(NC(=O)Nc2cccc(C(F)(F)F)c2)c(N(C)C)n1. The fraction of sp³-hybridized carbons (Fsp3) is 0.312. The van der Waals surface area contributed by atoms with E-state index < -0.39 is 17.8 Å². The number of rotatable bonds is 4. The summed E-state index contributed by atoms with van der Waals surface area (Å²) in [7, 11) is 7.06. The minimum Gasteiger partial charge on any atom is -0.361 e. The van der Waals surface area contributed by atoms with Gasteiger partial charge in [0.1, 0.15) is 5.69 Å². The highest BCUT2D eigenvalue weighted by Crippen LogP contribution is 2.30. The number of nitrogens with one attached hydrogen (secondary N) is 2. The molecule has 0 atom stereocenters. The Morgan fingerprint density at radius 1 is 1.08 bits per heavy atom. The third-order valence-electron chi connectivity index (χ3n) is 3.28. The van der Waals surface area contributed by atoms with E-state index in [1.165, 1.54) is 18.3 Å². The van der Waals surface area contributed by atoms with E-state index in [0.717, 1.165) is 12.1 Å². The average molecular weight is 368 g/mol. The van der Waals surface area contributed by atoms with Gasteiger partial charge in [-0.2, -0.15) is 18.2 Å². The van der Waals surface area contributed by atoms with Crippen molar-refractivity contribution in [1.29, 1.82) is 0 Å². The molecule has 0 radical (unpaired) electrons. The fourth-order valence-corrected chi connectivity index (χ4v) is 2.07. The van der Waals surface area contributed by atoms with E-state index in [9.17, 15) is 18.0 Å². The first-order valence-electron chi connectivity index (χ1n) is 7.55. The third-order valence-corrected chi connectivity index (χ3v) is 3.28. The summed E-state index contributed by atoms with van der Waals surface area (Å²) in [5, 5.41) is 4.92. The molecule has 2 rings (SSSR count). The van der Waals surface area contributed by atoms with Crippen molar-refractivity contribution in [2.75, 3.05) is 48.6 Å². The first kappa shape index (κ1) is 19.3. The van der Waals surface area contributed by atoms with Crippen molar-refractivity contribution in [3.05, 3.63) is 36.0 Å². The first-order chi connectivity index (χ1) is 12.1. The molecule has 0 aliphatic heterocycles. The fourth-order valence-electron chi connectivity index (χ4n) is 2.07. The lowest BCUT2D eigenvalue weighted by Gasteiger charge is -2.19. The number of anilines is 4. The van der Waals surface area contributed by atoms with E-state index in [1.807, 2.05) is 0 Å². The number of carbonyl (C=O) groups excluding carboxylic acids is 1. The van der Waals surface area contributed by atoms with Gasteiger partial charge in [-0.3, -0.25) is 0 Å². The molecule has 0 unspecified atom stereocenters. The highest BCUT2D eigenvalue weighted by Gasteiger charge is 2.30. The van der Waals surface area contributed by atoms with Crippen molar-refractivity contribution in [3.63, 3.8) is 0 Å². The zero-order valence-corrected chi connectivity index (χ0v) is 14.7. The number of nitrogens with zero attached hydrogens (tertiary/aromatic N) is 4. The smallest absolute Gasteiger partial charge is 0.361 e. The van der Waals surface area contributed by atoms with E-state index in [2.05, 4.69) is 20.6 Å². The largest absolute Gasteiger partial charge is 0.416 e. The maximum Gasteiger partial charge on any atom is 0.416 e. The molecule has 0 fully saturated rings. The lowest BCUT2D eigenvalue weighted by Crippen LogP contribution is -2.24. The van der Waals surface area contributed by atoms with Crippen LogP contribution in [0.5, 0.6) is 0 Å². The Bertz CT molecular complexity index is 792. The predicted octanol–water partition coefficient (Wildman–Crippen LogP) is 3.27. The van der Waals surface area contributed by atoms with Crippen LogP contribution in [0.1, 0.15) is 5.56 Å². The number of halogens is 3. The van der Waals surface area contributed by atoms with Crippen LogP contribution in [0, 0.1) is 0 Å². The standard InChI is InChI=1S/C16H19F3N6O/c1-24(2)13-12(9-20-14(23-13)25(3)4)22-15(26)21-11-7-5-6-10(8-11)16(17,18)19/h5-9H,1-4H3,(H2,21,22,26). The summed E-state index contributed by atoms with van der Waals surface area (Å²) in [6.07, 6.45) is -3.05. The molecule has 2 amide bonds. The van der Waals surface area contributed by atoms with Gasteiger partial charge in [-0.15, -0.1) is 0 Å². The number of hydrogen-bond donors (Lipinski definition) is 2. The number of hydrogen-bond acceptors (Lipinski definition) is 5. The third kappa shape index (κ3) is 4.74. The van der Waals surface area contributed by atoms with Gasteiger partial charge in [0, 0.05) is 33.9 Å². The van der Waals surface area contributed by atoms with Gasteiger partial charge in [-0.1, -0.05) is 6.07 Å². The van der Waals surface area contributed by atoms with Crippen molar-refractivity contribution in [1.82, 2.24) is 9.97 Å². The lowest BCUT2D eigenvalue weighted by molar-refractivity contribution is -0.137. The van der Waals surface area contributed by atoms with Crippen LogP contribution in [-0.4, -0.2) is 44.2 Å². The van der Waals surface area contributed by atoms with E-state index in [-0.39, 0.29) is 5.69 Å². The van der Waals surface area contributed by atoms with Crippen LogP contribution in [0.15, 0.2) is 30.5 Å². The summed E-state index contributed by atoms with van der Waals surface area (Å²) in [5.74, 6) is 0.917. The second kappa shape index (κ2) is 7.46. The van der Waals surface area contributed by atoms with E-state index >= 15 is 0 Å². The Morgan fingerprint density at radius 3 is 2.35 bits per heavy atom. The molecule has 0 spiro atoms. The Hall–Kier alpha value is -3.04.